The van der Waals surface area contributed by atoms with E-state index in [1.165, 1.54) is 24.3 Å². The van der Waals surface area contributed by atoms with E-state index in [2.05, 4.69) is 10.0 Å². The minimum Gasteiger partial charge on any atom is -0.352 e. The molecule has 0 spiro atoms. The van der Waals surface area contributed by atoms with Crippen LogP contribution >= 0.6 is 11.6 Å². The summed E-state index contributed by atoms with van der Waals surface area (Å²) in [4.78, 5) is 12.2. The highest BCUT2D eigenvalue weighted by atomic mass is 35.5. The summed E-state index contributed by atoms with van der Waals surface area (Å²) in [5, 5.41) is 3.29. The largest absolute Gasteiger partial charge is 0.352 e. The van der Waals surface area contributed by atoms with E-state index in [1.54, 1.807) is 0 Å². The first kappa shape index (κ1) is 16.3. The Morgan fingerprint density at radius 3 is 2.29 bits per heavy atom. The Kier molecular flexibility index (Phi) is 4.91. The highest BCUT2D eigenvalue weighted by Crippen LogP contribution is 2.20. The Morgan fingerprint density at radius 2 is 1.81 bits per heavy atom. The Labute approximate surface area is 130 Å². The number of carbonyl (C=O) groups is 1. The van der Waals surface area contributed by atoms with Crippen LogP contribution in [0, 0.1) is 5.92 Å². The second kappa shape index (κ2) is 6.34. The van der Waals surface area contributed by atoms with E-state index in [0.29, 0.717) is 5.02 Å². The fourth-order valence-electron chi connectivity index (χ4n) is 1.86. The van der Waals surface area contributed by atoms with Gasteiger partial charge in [0.25, 0.3) is 0 Å². The molecule has 1 fully saturated rings. The van der Waals surface area contributed by atoms with Crippen molar-refractivity contribution in [2.75, 3.05) is 0 Å². The molecule has 1 aliphatic carbocycles. The van der Waals surface area contributed by atoms with Gasteiger partial charge in [0.05, 0.1) is 4.90 Å². The van der Waals surface area contributed by atoms with E-state index in [4.69, 9.17) is 11.6 Å². The molecule has 1 aliphatic rings. The summed E-state index contributed by atoms with van der Waals surface area (Å²) < 4.78 is 27.1. The van der Waals surface area contributed by atoms with Gasteiger partial charge in [0.2, 0.25) is 15.9 Å². The van der Waals surface area contributed by atoms with Crippen molar-refractivity contribution in [1.29, 1.82) is 0 Å². The zero-order valence-electron chi connectivity index (χ0n) is 12.0. The highest BCUT2D eigenvalue weighted by Gasteiger charge is 2.32. The van der Waals surface area contributed by atoms with Crippen LogP contribution in [-0.4, -0.2) is 26.4 Å². The third-order valence-corrected chi connectivity index (χ3v) is 4.99. The van der Waals surface area contributed by atoms with Crippen LogP contribution in [0.2, 0.25) is 5.02 Å². The zero-order valence-corrected chi connectivity index (χ0v) is 13.5. The minimum atomic E-state index is -3.75. The molecule has 7 heteroatoms. The van der Waals surface area contributed by atoms with Crippen molar-refractivity contribution in [3.8, 4) is 0 Å². The topological polar surface area (TPSA) is 75.3 Å². The second-order valence-corrected chi connectivity index (χ2v) is 7.73. The van der Waals surface area contributed by atoms with Gasteiger partial charge < -0.3 is 5.32 Å². The first-order chi connectivity index (χ1) is 9.79. The van der Waals surface area contributed by atoms with Crippen molar-refractivity contribution in [2.45, 2.75) is 43.7 Å². The first-order valence-corrected chi connectivity index (χ1v) is 8.74. The fourth-order valence-corrected chi connectivity index (χ4v) is 3.33. The highest BCUT2D eigenvalue weighted by molar-refractivity contribution is 7.89. The van der Waals surface area contributed by atoms with Crippen LogP contribution in [0.5, 0.6) is 0 Å². The number of benzene rings is 1. The summed E-state index contributed by atoms with van der Waals surface area (Å²) in [6, 6.07) is 5.25. The number of hydrogen-bond acceptors (Lipinski definition) is 3. The van der Waals surface area contributed by atoms with Gasteiger partial charge in [0, 0.05) is 11.1 Å². The molecule has 2 rings (SSSR count). The van der Waals surface area contributed by atoms with E-state index in [0.717, 1.165) is 12.8 Å². The molecule has 0 aromatic heterocycles. The second-order valence-electron chi connectivity index (χ2n) is 5.58. The van der Waals surface area contributed by atoms with Gasteiger partial charge in [0.15, 0.2) is 0 Å². The maximum absolute atomic E-state index is 12.3. The van der Waals surface area contributed by atoms with Crippen molar-refractivity contribution in [3.05, 3.63) is 29.3 Å². The normalized spacial score (nSPS) is 16.8. The Hall–Kier alpha value is -1.11. The molecular formula is C14H19ClN2O3S. The summed E-state index contributed by atoms with van der Waals surface area (Å²) in [5.41, 5.74) is 0. The lowest BCUT2D eigenvalue weighted by molar-refractivity contribution is -0.123. The quantitative estimate of drug-likeness (QED) is 0.836. The Balaban J connectivity index is 2.14. The predicted octanol–water partition coefficient (Wildman–Crippen LogP) is 1.92. The zero-order chi connectivity index (χ0) is 15.6. The Bertz CT molecular complexity index is 610. The van der Waals surface area contributed by atoms with Gasteiger partial charge in [0.1, 0.15) is 6.04 Å². The molecule has 1 atom stereocenters. The third kappa shape index (κ3) is 4.43. The van der Waals surface area contributed by atoms with Crippen molar-refractivity contribution in [3.63, 3.8) is 0 Å². The standard InChI is InChI=1S/C14H19ClN2O3S/c1-9(2)13(14(18)16-11-5-6-11)17-21(19,20)12-7-3-10(15)4-8-12/h3-4,7-9,11,13,17H,5-6H2,1-2H3,(H,16,18)/t13-/m0/s1. The van der Waals surface area contributed by atoms with Gasteiger partial charge in [-0.2, -0.15) is 4.72 Å². The number of hydrogen-bond donors (Lipinski definition) is 2. The number of sulfonamides is 1. The van der Waals surface area contributed by atoms with Crippen LogP contribution in [0.1, 0.15) is 26.7 Å². The lowest BCUT2D eigenvalue weighted by Crippen LogP contribution is -2.50. The lowest BCUT2D eigenvalue weighted by Gasteiger charge is -2.21. The van der Waals surface area contributed by atoms with E-state index in [-0.39, 0.29) is 22.8 Å². The van der Waals surface area contributed by atoms with Crippen molar-refractivity contribution in [2.24, 2.45) is 5.92 Å². The molecule has 1 amide bonds. The molecule has 2 N–H and O–H groups in total. The van der Waals surface area contributed by atoms with Gasteiger partial charge >= 0.3 is 0 Å². The molecular weight excluding hydrogens is 312 g/mol. The molecule has 1 saturated carbocycles. The number of rotatable bonds is 6. The molecule has 116 valence electrons. The SMILES string of the molecule is CC(C)[C@H](NS(=O)(=O)c1ccc(Cl)cc1)C(=O)NC1CC1. The molecule has 0 bridgehead atoms. The lowest BCUT2D eigenvalue weighted by atomic mass is 10.1. The first-order valence-electron chi connectivity index (χ1n) is 6.88. The van der Waals surface area contributed by atoms with Crippen LogP contribution in [0.4, 0.5) is 0 Å². The maximum atomic E-state index is 12.3. The number of amides is 1. The van der Waals surface area contributed by atoms with Gasteiger partial charge in [-0.25, -0.2) is 8.42 Å². The summed E-state index contributed by atoms with van der Waals surface area (Å²) in [6.07, 6.45) is 1.92. The van der Waals surface area contributed by atoms with Crippen LogP contribution < -0.4 is 10.0 Å². The van der Waals surface area contributed by atoms with Gasteiger partial charge in [-0.1, -0.05) is 25.4 Å². The smallest absolute Gasteiger partial charge is 0.241 e. The van der Waals surface area contributed by atoms with E-state index < -0.39 is 16.1 Å². The van der Waals surface area contributed by atoms with E-state index in [9.17, 15) is 13.2 Å². The maximum Gasteiger partial charge on any atom is 0.241 e. The summed E-state index contributed by atoms with van der Waals surface area (Å²) in [6.45, 7) is 3.61. The van der Waals surface area contributed by atoms with Gasteiger partial charge in [-0.3, -0.25) is 4.79 Å². The number of halogens is 1. The van der Waals surface area contributed by atoms with Crippen molar-refractivity contribution >= 4 is 27.5 Å². The molecule has 1 aromatic rings. The van der Waals surface area contributed by atoms with Gasteiger partial charge in [-0.05, 0) is 43.0 Å². The fraction of sp³-hybridized carbons (Fsp3) is 0.500. The molecule has 21 heavy (non-hydrogen) atoms. The summed E-state index contributed by atoms with van der Waals surface area (Å²) >= 11 is 5.75. The number of nitrogens with one attached hydrogen (secondary N) is 2. The molecule has 5 nitrogen and oxygen atoms in total. The van der Waals surface area contributed by atoms with E-state index >= 15 is 0 Å². The predicted molar refractivity (Wildman–Crippen MR) is 81.6 cm³/mol. The summed E-state index contributed by atoms with van der Waals surface area (Å²) in [5.74, 6) is -0.420. The monoisotopic (exact) mass is 330 g/mol. The number of carbonyl (C=O) groups excluding carboxylic acids is 1. The van der Waals surface area contributed by atoms with Gasteiger partial charge in [-0.15, -0.1) is 0 Å². The van der Waals surface area contributed by atoms with E-state index in [1.807, 2.05) is 13.8 Å². The molecule has 0 radical (unpaired) electrons. The molecule has 0 saturated heterocycles. The van der Waals surface area contributed by atoms with Crippen LogP contribution in [0.25, 0.3) is 0 Å². The molecule has 0 heterocycles. The van der Waals surface area contributed by atoms with Crippen LogP contribution in [0.15, 0.2) is 29.2 Å². The van der Waals surface area contributed by atoms with Crippen LogP contribution in [-0.2, 0) is 14.8 Å². The van der Waals surface area contributed by atoms with Crippen molar-refractivity contribution in [1.82, 2.24) is 10.0 Å². The summed E-state index contributed by atoms with van der Waals surface area (Å²) in [7, 11) is -3.75. The minimum absolute atomic E-state index is 0.0942. The third-order valence-electron chi connectivity index (χ3n) is 3.28. The average molecular weight is 331 g/mol. The molecule has 1 aromatic carbocycles. The average Bonchev–Trinajstić information content (AvgIpc) is 3.20. The molecule has 0 unspecified atom stereocenters. The Morgan fingerprint density at radius 1 is 1.24 bits per heavy atom. The van der Waals surface area contributed by atoms with Crippen LogP contribution in [0.3, 0.4) is 0 Å². The molecule has 0 aliphatic heterocycles. The van der Waals surface area contributed by atoms with Crippen molar-refractivity contribution < 1.29 is 13.2 Å².